The van der Waals surface area contributed by atoms with Crippen molar-refractivity contribution >= 4 is 0 Å². The number of rotatable bonds is 8. The van der Waals surface area contributed by atoms with Crippen LogP contribution in [0.1, 0.15) is 28.7 Å². The Morgan fingerprint density at radius 3 is 1.28 bits per heavy atom. The Morgan fingerprint density at radius 2 is 0.862 bits per heavy atom. The summed E-state index contributed by atoms with van der Waals surface area (Å²) < 4.78 is 6.81. The van der Waals surface area contributed by atoms with Gasteiger partial charge in [0.05, 0.1) is 0 Å². The maximum absolute atomic E-state index is 6.81. The average Bonchev–Trinajstić information content (AvgIpc) is 2.82. The van der Waals surface area contributed by atoms with Crippen LogP contribution < -0.4 is 0 Å². The fourth-order valence-electron chi connectivity index (χ4n) is 3.91. The molecule has 0 atom stereocenters. The summed E-state index contributed by atoms with van der Waals surface area (Å²) in [5.41, 5.74) is 4.17. The van der Waals surface area contributed by atoms with Gasteiger partial charge in [-0.25, -0.2) is 0 Å². The Kier molecular flexibility index (Phi) is 6.19. The predicted octanol–water partition coefficient (Wildman–Crippen LogP) is 6.63. The van der Waals surface area contributed by atoms with Crippen molar-refractivity contribution in [1.82, 2.24) is 0 Å². The van der Waals surface area contributed by atoms with Gasteiger partial charge >= 0.3 is 0 Å². The highest BCUT2D eigenvalue weighted by molar-refractivity contribution is 5.47. The Bertz CT molecular complexity index is 883. The molecule has 0 unspecified atom stereocenters. The van der Waals surface area contributed by atoms with Crippen molar-refractivity contribution in [2.75, 3.05) is 6.61 Å². The normalized spacial score (nSPS) is 11.3. The molecule has 0 amide bonds. The molecular formula is C28H26O. The zero-order valence-electron chi connectivity index (χ0n) is 16.6. The van der Waals surface area contributed by atoms with E-state index < -0.39 is 5.60 Å². The molecule has 0 aromatic heterocycles. The highest BCUT2D eigenvalue weighted by Crippen LogP contribution is 2.40. The molecule has 0 fully saturated rings. The lowest BCUT2D eigenvalue weighted by Gasteiger charge is -2.36. The van der Waals surface area contributed by atoms with Crippen molar-refractivity contribution in [2.45, 2.75) is 18.4 Å². The highest BCUT2D eigenvalue weighted by atomic mass is 16.5. The van der Waals surface area contributed by atoms with Gasteiger partial charge < -0.3 is 4.74 Å². The first-order valence-corrected chi connectivity index (χ1v) is 10.2. The second kappa shape index (κ2) is 9.36. The molecule has 4 aromatic rings. The first-order chi connectivity index (χ1) is 14.4. The van der Waals surface area contributed by atoms with Crippen LogP contribution in [0.15, 0.2) is 121 Å². The SMILES string of the molecule is c1ccc(CCCOC(c2ccccc2)(c2ccccc2)c2ccccc2)cc1. The lowest BCUT2D eigenvalue weighted by atomic mass is 9.80. The van der Waals surface area contributed by atoms with E-state index in [2.05, 4.69) is 121 Å². The van der Waals surface area contributed by atoms with Crippen molar-refractivity contribution in [3.05, 3.63) is 144 Å². The van der Waals surface area contributed by atoms with Crippen LogP contribution in [0, 0.1) is 0 Å². The highest BCUT2D eigenvalue weighted by Gasteiger charge is 2.37. The first kappa shape index (κ1) is 19.2. The molecule has 0 aliphatic heterocycles. The molecule has 29 heavy (non-hydrogen) atoms. The van der Waals surface area contributed by atoms with Crippen LogP contribution in [0.5, 0.6) is 0 Å². The second-order valence-corrected chi connectivity index (χ2v) is 7.22. The van der Waals surface area contributed by atoms with Gasteiger partial charge in [-0.05, 0) is 35.1 Å². The summed E-state index contributed by atoms with van der Waals surface area (Å²) in [6.07, 6.45) is 1.98. The Morgan fingerprint density at radius 1 is 0.483 bits per heavy atom. The maximum atomic E-state index is 6.81. The van der Waals surface area contributed by atoms with Gasteiger partial charge in [-0.2, -0.15) is 0 Å². The number of hydrogen-bond acceptors (Lipinski definition) is 1. The zero-order chi connectivity index (χ0) is 19.8. The standard InChI is InChI=1S/C28H26O/c1-5-14-24(15-6-1)16-13-23-29-28(25-17-7-2-8-18-25,26-19-9-3-10-20-26)27-21-11-4-12-22-27/h1-12,14-15,17-22H,13,16,23H2. The van der Waals surface area contributed by atoms with Gasteiger partial charge in [0.25, 0.3) is 0 Å². The molecule has 1 heteroatoms. The van der Waals surface area contributed by atoms with E-state index in [1.165, 1.54) is 5.56 Å². The van der Waals surface area contributed by atoms with E-state index in [4.69, 9.17) is 4.74 Å². The molecule has 0 heterocycles. The first-order valence-electron chi connectivity index (χ1n) is 10.2. The number of ether oxygens (including phenoxy) is 1. The molecule has 0 spiro atoms. The Hall–Kier alpha value is -3.16. The van der Waals surface area contributed by atoms with Crippen molar-refractivity contribution in [2.24, 2.45) is 0 Å². The minimum Gasteiger partial charge on any atom is -0.361 e. The van der Waals surface area contributed by atoms with Gasteiger partial charge in [-0.15, -0.1) is 0 Å². The summed E-state index contributed by atoms with van der Waals surface area (Å²) in [4.78, 5) is 0. The molecule has 144 valence electrons. The van der Waals surface area contributed by atoms with Gasteiger partial charge in [0.15, 0.2) is 0 Å². The summed E-state index contributed by atoms with van der Waals surface area (Å²) in [6.45, 7) is 0.674. The lowest BCUT2D eigenvalue weighted by Crippen LogP contribution is -2.33. The molecule has 0 N–H and O–H groups in total. The lowest BCUT2D eigenvalue weighted by molar-refractivity contribution is 0.0116. The molecule has 1 nitrogen and oxygen atoms in total. The molecule has 0 bridgehead atoms. The summed E-state index contributed by atoms with van der Waals surface area (Å²) in [5.74, 6) is 0. The van der Waals surface area contributed by atoms with E-state index in [-0.39, 0.29) is 0 Å². The predicted molar refractivity (Wildman–Crippen MR) is 120 cm³/mol. The van der Waals surface area contributed by atoms with E-state index in [0.717, 1.165) is 29.5 Å². The fourth-order valence-corrected chi connectivity index (χ4v) is 3.91. The van der Waals surface area contributed by atoms with Gasteiger partial charge in [0, 0.05) is 6.61 Å². The topological polar surface area (TPSA) is 9.23 Å². The fraction of sp³-hybridized carbons (Fsp3) is 0.143. The van der Waals surface area contributed by atoms with Crippen molar-refractivity contribution in [3.63, 3.8) is 0 Å². The molecule has 4 rings (SSSR count). The quantitative estimate of drug-likeness (QED) is 0.247. The number of benzene rings is 4. The zero-order valence-corrected chi connectivity index (χ0v) is 16.6. The van der Waals surface area contributed by atoms with E-state index in [9.17, 15) is 0 Å². The van der Waals surface area contributed by atoms with Crippen LogP contribution in [-0.4, -0.2) is 6.61 Å². The largest absolute Gasteiger partial charge is 0.361 e. The van der Waals surface area contributed by atoms with Gasteiger partial charge in [-0.3, -0.25) is 0 Å². The Labute approximate surface area is 173 Å². The minimum absolute atomic E-state index is 0.625. The average molecular weight is 379 g/mol. The number of hydrogen-bond donors (Lipinski definition) is 0. The summed E-state index contributed by atoms with van der Waals surface area (Å²) in [5, 5.41) is 0. The van der Waals surface area contributed by atoms with Crippen LogP contribution in [0.3, 0.4) is 0 Å². The van der Waals surface area contributed by atoms with Crippen molar-refractivity contribution < 1.29 is 4.74 Å². The third kappa shape index (κ3) is 4.31. The van der Waals surface area contributed by atoms with E-state index in [1.54, 1.807) is 0 Å². The summed E-state index contributed by atoms with van der Waals surface area (Å²) >= 11 is 0. The van der Waals surface area contributed by atoms with E-state index in [1.807, 2.05) is 0 Å². The van der Waals surface area contributed by atoms with Gasteiger partial charge in [0.1, 0.15) is 5.60 Å². The Balaban J connectivity index is 1.70. The van der Waals surface area contributed by atoms with Crippen LogP contribution in [0.4, 0.5) is 0 Å². The molecular weight excluding hydrogens is 352 g/mol. The molecule has 0 saturated heterocycles. The van der Waals surface area contributed by atoms with Crippen molar-refractivity contribution in [1.29, 1.82) is 0 Å². The third-order valence-corrected chi connectivity index (χ3v) is 5.31. The van der Waals surface area contributed by atoms with Gasteiger partial charge in [0.2, 0.25) is 0 Å². The summed E-state index contributed by atoms with van der Waals surface area (Å²) in [7, 11) is 0. The van der Waals surface area contributed by atoms with Gasteiger partial charge in [-0.1, -0.05) is 121 Å². The molecule has 0 radical (unpaired) electrons. The van der Waals surface area contributed by atoms with Crippen LogP contribution in [-0.2, 0) is 16.8 Å². The molecule has 0 aliphatic carbocycles. The molecule has 0 aliphatic rings. The van der Waals surface area contributed by atoms with E-state index in [0.29, 0.717) is 6.61 Å². The van der Waals surface area contributed by atoms with Crippen LogP contribution in [0.25, 0.3) is 0 Å². The van der Waals surface area contributed by atoms with Crippen molar-refractivity contribution in [3.8, 4) is 0 Å². The molecule has 4 aromatic carbocycles. The van der Waals surface area contributed by atoms with Crippen LogP contribution in [0.2, 0.25) is 0 Å². The second-order valence-electron chi connectivity index (χ2n) is 7.22. The summed E-state index contributed by atoms with van der Waals surface area (Å²) in [6, 6.07) is 42.3. The van der Waals surface area contributed by atoms with E-state index >= 15 is 0 Å². The van der Waals surface area contributed by atoms with Crippen LogP contribution >= 0.6 is 0 Å². The smallest absolute Gasteiger partial charge is 0.143 e. The molecule has 0 saturated carbocycles. The third-order valence-electron chi connectivity index (χ3n) is 5.31. The number of aryl methyl sites for hydroxylation is 1. The minimum atomic E-state index is -0.625. The maximum Gasteiger partial charge on any atom is 0.143 e. The monoisotopic (exact) mass is 378 g/mol.